The molecule has 2 aliphatic carbocycles. The van der Waals surface area contributed by atoms with Gasteiger partial charge in [-0.1, -0.05) is 29.8 Å². The van der Waals surface area contributed by atoms with E-state index in [1.54, 1.807) is 32.0 Å². The second-order valence-electron chi connectivity index (χ2n) is 9.43. The van der Waals surface area contributed by atoms with Gasteiger partial charge in [0.1, 0.15) is 5.75 Å². The van der Waals surface area contributed by atoms with Gasteiger partial charge in [-0.15, -0.1) is 23.2 Å². The number of amides is 4. The number of benzene rings is 1. The first-order valence-electron chi connectivity index (χ1n) is 11.0. The van der Waals surface area contributed by atoms with Gasteiger partial charge in [0.15, 0.2) is 9.75 Å². The Morgan fingerprint density at radius 2 is 1.79 bits per heavy atom. The van der Waals surface area contributed by atoms with E-state index in [2.05, 4.69) is 0 Å². The summed E-state index contributed by atoms with van der Waals surface area (Å²) in [6.45, 7) is 3.74. The van der Waals surface area contributed by atoms with Crippen LogP contribution in [-0.2, 0) is 19.2 Å². The first-order valence-corrected chi connectivity index (χ1v) is 11.8. The van der Waals surface area contributed by atoms with Crippen molar-refractivity contribution in [3.8, 4) is 5.75 Å². The molecule has 5 rings (SSSR count). The summed E-state index contributed by atoms with van der Waals surface area (Å²) in [5, 5.41) is 11.0. The number of allylic oxidation sites excluding steroid dienone is 2. The molecule has 1 saturated carbocycles. The van der Waals surface area contributed by atoms with Crippen molar-refractivity contribution in [1.29, 1.82) is 0 Å². The highest BCUT2D eigenvalue weighted by Crippen LogP contribution is 2.66. The molecule has 4 aliphatic rings. The van der Waals surface area contributed by atoms with Crippen molar-refractivity contribution >= 4 is 46.8 Å². The molecule has 0 radical (unpaired) electrons. The number of alkyl halides is 2. The third-order valence-corrected chi connectivity index (χ3v) is 9.42. The number of imide groups is 2. The fourth-order valence-corrected chi connectivity index (χ4v) is 7.39. The van der Waals surface area contributed by atoms with E-state index >= 15 is 0 Å². The van der Waals surface area contributed by atoms with Crippen LogP contribution < -0.4 is 0 Å². The Balaban J connectivity index is 1.77. The lowest BCUT2D eigenvalue weighted by Crippen LogP contribution is -2.60. The van der Waals surface area contributed by atoms with Gasteiger partial charge in [-0.2, -0.15) is 0 Å². The van der Waals surface area contributed by atoms with Crippen LogP contribution in [0.3, 0.4) is 0 Å². The standard InChI is InChI=1S/C24H24Cl2N2O5/c1-4-28-19(30)13-9-8-12-15(16(13)20(28)31)10-23(25)21(32)27(3)22(33)24(23,26)17(12)14-7-5-6-11(2)18(14)29/h5-8,13,15-17,29H,4,9-10H2,1-3H3/t13-,15+,16-,17+,23+,24-/m0/s1. The number of aryl methyl sites for hydroxylation is 1. The highest BCUT2D eigenvalue weighted by atomic mass is 35.5. The topological polar surface area (TPSA) is 95.0 Å². The number of hydrogen-bond donors (Lipinski definition) is 1. The lowest BCUT2D eigenvalue weighted by molar-refractivity contribution is -0.141. The lowest BCUT2D eigenvalue weighted by atomic mass is 9.56. The van der Waals surface area contributed by atoms with E-state index in [1.807, 2.05) is 6.08 Å². The second kappa shape index (κ2) is 7.06. The minimum Gasteiger partial charge on any atom is -0.507 e. The van der Waals surface area contributed by atoms with E-state index in [0.717, 1.165) is 4.90 Å². The number of phenolic OH excluding ortho intramolecular Hbond substituents is 1. The van der Waals surface area contributed by atoms with E-state index in [9.17, 15) is 24.3 Å². The molecule has 0 aromatic heterocycles. The van der Waals surface area contributed by atoms with Gasteiger partial charge in [0, 0.05) is 25.1 Å². The van der Waals surface area contributed by atoms with Gasteiger partial charge < -0.3 is 5.11 Å². The molecule has 6 atom stereocenters. The Morgan fingerprint density at radius 3 is 2.45 bits per heavy atom. The predicted molar refractivity (Wildman–Crippen MR) is 121 cm³/mol. The number of carbonyl (C=O) groups is 4. The van der Waals surface area contributed by atoms with Gasteiger partial charge >= 0.3 is 0 Å². The average molecular weight is 491 g/mol. The number of nitrogens with zero attached hydrogens (tertiary/aromatic N) is 2. The third kappa shape index (κ3) is 2.52. The number of likely N-dealkylation sites (tertiary alicyclic amines) is 2. The van der Waals surface area contributed by atoms with Crippen LogP contribution in [-0.4, -0.2) is 61.9 Å². The monoisotopic (exact) mass is 490 g/mol. The molecule has 4 amide bonds. The van der Waals surface area contributed by atoms with Gasteiger partial charge in [0.25, 0.3) is 11.8 Å². The number of carbonyl (C=O) groups excluding carboxylic acids is 4. The fourth-order valence-electron chi connectivity index (χ4n) is 6.38. The number of para-hydroxylation sites is 1. The number of hydrogen-bond acceptors (Lipinski definition) is 5. The molecule has 1 N–H and O–H groups in total. The van der Waals surface area contributed by atoms with Crippen LogP contribution in [0.2, 0.25) is 0 Å². The molecule has 2 aliphatic heterocycles. The molecular formula is C24H24Cl2N2O5. The molecule has 1 aromatic rings. The molecule has 7 nitrogen and oxygen atoms in total. The summed E-state index contributed by atoms with van der Waals surface area (Å²) in [5.41, 5.74) is 1.64. The first kappa shape index (κ1) is 22.4. The highest BCUT2D eigenvalue weighted by molar-refractivity contribution is 6.53. The minimum atomic E-state index is -1.88. The molecule has 0 bridgehead atoms. The smallest absolute Gasteiger partial charge is 0.253 e. The summed E-state index contributed by atoms with van der Waals surface area (Å²) >= 11 is 14.1. The van der Waals surface area contributed by atoms with Crippen LogP contribution >= 0.6 is 23.2 Å². The van der Waals surface area contributed by atoms with Gasteiger partial charge in [0.2, 0.25) is 11.8 Å². The van der Waals surface area contributed by atoms with Crippen LogP contribution in [0.15, 0.2) is 29.8 Å². The first-order chi connectivity index (χ1) is 15.5. The maximum Gasteiger partial charge on any atom is 0.253 e. The van der Waals surface area contributed by atoms with Gasteiger partial charge in [0.05, 0.1) is 11.8 Å². The summed E-state index contributed by atoms with van der Waals surface area (Å²) in [4.78, 5) is 51.4. The quantitative estimate of drug-likeness (QED) is 0.390. The molecule has 1 aromatic carbocycles. The van der Waals surface area contributed by atoms with Crippen molar-refractivity contribution in [1.82, 2.24) is 9.80 Å². The SMILES string of the molecule is CCN1C(=O)[C@H]2[C@H](CC=C3[C@H]2C[C@@]2(Cl)C(=O)N(C)C(=O)[C@@]2(Cl)[C@H]3c2cccc(C)c2O)C1=O. The van der Waals surface area contributed by atoms with Crippen molar-refractivity contribution in [3.05, 3.63) is 41.0 Å². The van der Waals surface area contributed by atoms with Crippen LogP contribution in [0.5, 0.6) is 5.75 Å². The number of aromatic hydroxyl groups is 1. The van der Waals surface area contributed by atoms with E-state index < -0.39 is 45.2 Å². The van der Waals surface area contributed by atoms with E-state index in [4.69, 9.17) is 23.2 Å². The van der Waals surface area contributed by atoms with Gasteiger partial charge in [-0.3, -0.25) is 29.0 Å². The van der Waals surface area contributed by atoms with Crippen LogP contribution in [0.1, 0.15) is 36.8 Å². The number of phenols is 1. The molecule has 33 heavy (non-hydrogen) atoms. The molecule has 2 heterocycles. The average Bonchev–Trinajstić information content (AvgIpc) is 3.11. The summed E-state index contributed by atoms with van der Waals surface area (Å²) in [7, 11) is 1.34. The number of halogens is 2. The Hall–Kier alpha value is -2.38. The summed E-state index contributed by atoms with van der Waals surface area (Å²) < 4.78 is 0. The maximum absolute atomic E-state index is 13.4. The van der Waals surface area contributed by atoms with Crippen molar-refractivity contribution in [2.45, 2.75) is 42.4 Å². The Labute approximate surface area is 201 Å². The second-order valence-corrected chi connectivity index (χ2v) is 10.7. The van der Waals surface area contributed by atoms with Gasteiger partial charge in [-0.25, -0.2) is 0 Å². The summed E-state index contributed by atoms with van der Waals surface area (Å²) in [6, 6.07) is 5.13. The van der Waals surface area contributed by atoms with Crippen molar-refractivity contribution in [2.75, 3.05) is 13.6 Å². The summed E-state index contributed by atoms with van der Waals surface area (Å²) in [6.07, 6.45) is 2.14. The van der Waals surface area contributed by atoms with Crippen LogP contribution in [0.4, 0.5) is 0 Å². The molecule has 0 unspecified atom stereocenters. The molecular weight excluding hydrogens is 467 g/mol. The normalized spacial score (nSPS) is 37.8. The van der Waals surface area contributed by atoms with Crippen LogP contribution in [0, 0.1) is 24.7 Å². The van der Waals surface area contributed by atoms with E-state index in [-0.39, 0.29) is 30.5 Å². The molecule has 0 spiro atoms. The van der Waals surface area contributed by atoms with E-state index in [0.29, 0.717) is 23.1 Å². The zero-order chi connectivity index (χ0) is 24.0. The lowest BCUT2D eigenvalue weighted by Gasteiger charge is -2.50. The fraction of sp³-hybridized carbons (Fsp3) is 0.500. The minimum absolute atomic E-state index is 0.0379. The maximum atomic E-state index is 13.4. The zero-order valence-electron chi connectivity index (χ0n) is 18.5. The van der Waals surface area contributed by atoms with Crippen molar-refractivity contribution in [3.63, 3.8) is 0 Å². The molecule has 174 valence electrons. The molecule has 3 fully saturated rings. The van der Waals surface area contributed by atoms with Crippen molar-refractivity contribution < 1.29 is 24.3 Å². The molecule has 9 heteroatoms. The summed E-state index contributed by atoms with van der Waals surface area (Å²) in [5.74, 6) is -4.54. The predicted octanol–water partition coefficient (Wildman–Crippen LogP) is 2.71. The highest BCUT2D eigenvalue weighted by Gasteiger charge is 2.76. The Kier molecular flexibility index (Phi) is 4.80. The molecule has 2 saturated heterocycles. The number of rotatable bonds is 2. The largest absolute Gasteiger partial charge is 0.507 e. The number of fused-ring (bicyclic) bond motifs is 4. The van der Waals surface area contributed by atoms with Crippen molar-refractivity contribution in [2.24, 2.45) is 17.8 Å². The third-order valence-electron chi connectivity index (χ3n) is 8.00. The Morgan fingerprint density at radius 1 is 1.09 bits per heavy atom. The van der Waals surface area contributed by atoms with Gasteiger partial charge in [-0.05, 0) is 38.2 Å². The van der Waals surface area contributed by atoms with Crippen LogP contribution in [0.25, 0.3) is 0 Å². The Bertz CT molecular complexity index is 1170. The zero-order valence-corrected chi connectivity index (χ0v) is 20.0. The van der Waals surface area contributed by atoms with E-state index in [1.165, 1.54) is 11.9 Å².